The Morgan fingerprint density at radius 2 is 1.50 bits per heavy atom. The normalized spacial score (nSPS) is 22.0. The fraction of sp³-hybridized carbons (Fsp3) is 0.536. The van der Waals surface area contributed by atoms with E-state index in [1.165, 1.54) is 0 Å². The number of carbonyl (C=O) groups is 3. The fourth-order valence-corrected chi connectivity index (χ4v) is 5.84. The molecular weight excluding hydrogens is 430 g/mol. The summed E-state index contributed by atoms with van der Waals surface area (Å²) in [5.41, 5.74) is 3.39. The minimum absolute atomic E-state index is 0.0343. The van der Waals surface area contributed by atoms with Crippen molar-refractivity contribution < 1.29 is 24.2 Å². The van der Waals surface area contributed by atoms with Crippen LogP contribution in [0.2, 0.25) is 0 Å². The summed E-state index contributed by atoms with van der Waals surface area (Å²) in [6, 6.07) is 7.67. The van der Waals surface area contributed by atoms with Crippen molar-refractivity contribution in [2.24, 2.45) is 10.8 Å². The summed E-state index contributed by atoms with van der Waals surface area (Å²) in [5.74, 6) is -0.626. The number of carbonyl (C=O) groups excluding carboxylic acids is 2. The first-order valence-corrected chi connectivity index (χ1v) is 12.2. The van der Waals surface area contributed by atoms with Gasteiger partial charge in [-0.25, -0.2) is 0 Å². The number of rotatable bonds is 6. The number of hydrogen-bond donors (Lipinski definition) is 1. The van der Waals surface area contributed by atoms with E-state index in [2.05, 4.69) is 27.7 Å². The lowest BCUT2D eigenvalue weighted by Gasteiger charge is -2.49. The van der Waals surface area contributed by atoms with Gasteiger partial charge in [0.25, 0.3) is 0 Å². The number of carboxylic acids is 1. The minimum atomic E-state index is -0.893. The quantitative estimate of drug-likeness (QED) is 0.618. The van der Waals surface area contributed by atoms with Crippen LogP contribution in [0.5, 0.6) is 5.75 Å². The number of ether oxygens (including phenoxy) is 1. The lowest BCUT2D eigenvalue weighted by atomic mass is 9.63. The maximum Gasteiger partial charge on any atom is 0.305 e. The zero-order valence-corrected chi connectivity index (χ0v) is 20.9. The predicted octanol–water partition coefficient (Wildman–Crippen LogP) is 5.25. The molecule has 34 heavy (non-hydrogen) atoms. The van der Waals surface area contributed by atoms with Gasteiger partial charge in [0.15, 0.2) is 11.6 Å². The minimum Gasteiger partial charge on any atom is -0.494 e. The Labute approximate surface area is 201 Å². The molecule has 0 saturated heterocycles. The Bertz CT molecular complexity index is 1050. The highest BCUT2D eigenvalue weighted by Crippen LogP contribution is 2.55. The van der Waals surface area contributed by atoms with Crippen LogP contribution in [-0.4, -0.2) is 40.7 Å². The molecule has 6 nitrogen and oxygen atoms in total. The Balaban J connectivity index is 2.00. The maximum absolute atomic E-state index is 13.7. The van der Waals surface area contributed by atoms with Gasteiger partial charge in [0.05, 0.1) is 13.0 Å². The monoisotopic (exact) mass is 465 g/mol. The van der Waals surface area contributed by atoms with Gasteiger partial charge in [-0.3, -0.25) is 14.4 Å². The first-order chi connectivity index (χ1) is 15.9. The van der Waals surface area contributed by atoms with Gasteiger partial charge in [0.2, 0.25) is 0 Å². The number of hydrogen-bond acceptors (Lipinski definition) is 5. The molecule has 1 aromatic carbocycles. The Hall–Kier alpha value is -2.89. The summed E-state index contributed by atoms with van der Waals surface area (Å²) in [4.78, 5) is 41.0. The second kappa shape index (κ2) is 8.71. The molecule has 6 heteroatoms. The average molecular weight is 466 g/mol. The molecule has 0 unspecified atom stereocenters. The van der Waals surface area contributed by atoms with Gasteiger partial charge in [0.1, 0.15) is 5.75 Å². The van der Waals surface area contributed by atoms with Gasteiger partial charge in [-0.15, -0.1) is 0 Å². The maximum atomic E-state index is 13.7. The molecule has 0 amide bonds. The molecule has 3 aliphatic rings. The van der Waals surface area contributed by atoms with E-state index >= 15 is 0 Å². The molecule has 2 aliphatic carbocycles. The smallest absolute Gasteiger partial charge is 0.305 e. The number of ketones is 2. The van der Waals surface area contributed by atoms with Crippen molar-refractivity contribution in [1.29, 1.82) is 0 Å². The Morgan fingerprint density at radius 3 is 2.00 bits per heavy atom. The highest BCUT2D eigenvalue weighted by atomic mass is 16.5. The lowest BCUT2D eigenvalue weighted by molar-refractivity contribution is -0.137. The number of Topliss-reactive ketones (excluding diaryl/α,β-unsaturated/α-hetero) is 2. The van der Waals surface area contributed by atoms with Crippen LogP contribution in [0.3, 0.4) is 0 Å². The van der Waals surface area contributed by atoms with E-state index in [4.69, 9.17) is 4.74 Å². The van der Waals surface area contributed by atoms with Crippen molar-refractivity contribution >= 4 is 17.5 Å². The van der Waals surface area contributed by atoms with Crippen molar-refractivity contribution in [2.75, 3.05) is 13.2 Å². The van der Waals surface area contributed by atoms with Crippen LogP contribution < -0.4 is 4.74 Å². The summed E-state index contributed by atoms with van der Waals surface area (Å²) in [5, 5.41) is 9.46. The van der Waals surface area contributed by atoms with Gasteiger partial charge >= 0.3 is 5.97 Å². The van der Waals surface area contributed by atoms with Crippen molar-refractivity contribution in [1.82, 2.24) is 4.90 Å². The topological polar surface area (TPSA) is 83.9 Å². The van der Waals surface area contributed by atoms with Crippen LogP contribution in [0, 0.1) is 10.8 Å². The predicted molar refractivity (Wildman–Crippen MR) is 129 cm³/mol. The highest BCUT2D eigenvalue weighted by molar-refractivity contribution is 6.07. The summed E-state index contributed by atoms with van der Waals surface area (Å²) in [7, 11) is 0. The Kier molecular flexibility index (Phi) is 6.21. The molecule has 1 aromatic rings. The van der Waals surface area contributed by atoms with Crippen LogP contribution in [0.25, 0.3) is 0 Å². The van der Waals surface area contributed by atoms with E-state index in [9.17, 15) is 19.5 Å². The fourth-order valence-electron chi connectivity index (χ4n) is 5.84. The molecule has 0 saturated carbocycles. The van der Waals surface area contributed by atoms with Gasteiger partial charge in [0, 0.05) is 53.4 Å². The van der Waals surface area contributed by atoms with Crippen LogP contribution in [-0.2, 0) is 14.4 Å². The molecule has 0 fully saturated rings. The molecule has 1 aliphatic heterocycles. The zero-order valence-electron chi connectivity index (χ0n) is 20.9. The standard InChI is InChI=1S/C28H35NO5/c1-6-34-22-10-8-7-9-17(22)24-25-18(13-27(2,3)15-20(25)30)29(12-11-23(32)33)19-14-28(4,5)16-21(31)26(19)24/h7-10,24H,6,11-16H2,1-5H3,(H,32,33). The number of nitrogens with zero attached hydrogens (tertiary/aromatic N) is 1. The van der Waals surface area contributed by atoms with Crippen molar-refractivity contribution in [3.8, 4) is 5.75 Å². The molecular formula is C28H35NO5. The van der Waals surface area contributed by atoms with Crippen LogP contribution in [0.4, 0.5) is 0 Å². The number of benzene rings is 1. The SMILES string of the molecule is CCOc1ccccc1C1C2=C(CC(C)(C)CC2=O)N(CCC(=O)O)C2=C1C(=O)CC(C)(C)C2. The molecule has 182 valence electrons. The van der Waals surface area contributed by atoms with E-state index in [-0.39, 0.29) is 35.4 Å². The van der Waals surface area contributed by atoms with E-state index in [1.807, 2.05) is 36.1 Å². The molecule has 0 radical (unpaired) electrons. The molecule has 0 bridgehead atoms. The molecule has 0 atom stereocenters. The Morgan fingerprint density at radius 1 is 0.971 bits per heavy atom. The summed E-state index contributed by atoms with van der Waals surface area (Å²) in [6.45, 7) is 11.0. The van der Waals surface area contributed by atoms with Crippen LogP contribution in [0.15, 0.2) is 46.8 Å². The van der Waals surface area contributed by atoms with E-state index in [1.54, 1.807) is 0 Å². The number of para-hydroxylation sites is 1. The number of allylic oxidation sites excluding steroid dienone is 4. The van der Waals surface area contributed by atoms with Gasteiger partial charge < -0.3 is 14.7 Å². The highest BCUT2D eigenvalue weighted by Gasteiger charge is 2.49. The van der Waals surface area contributed by atoms with E-state index in [0.717, 1.165) is 17.0 Å². The summed E-state index contributed by atoms with van der Waals surface area (Å²) < 4.78 is 5.95. The first kappa shape index (κ1) is 24.2. The third-order valence-electron chi connectivity index (χ3n) is 7.10. The van der Waals surface area contributed by atoms with Crippen molar-refractivity contribution in [3.05, 3.63) is 52.4 Å². The number of carboxylic acid groups (broad SMARTS) is 1. The van der Waals surface area contributed by atoms with Crippen molar-refractivity contribution in [3.63, 3.8) is 0 Å². The van der Waals surface area contributed by atoms with Gasteiger partial charge in [-0.05, 0) is 36.7 Å². The first-order valence-electron chi connectivity index (χ1n) is 12.2. The average Bonchev–Trinajstić information content (AvgIpc) is 2.70. The van der Waals surface area contributed by atoms with E-state index < -0.39 is 11.9 Å². The molecule has 1 heterocycles. The van der Waals surface area contributed by atoms with Crippen molar-refractivity contribution in [2.45, 2.75) is 72.6 Å². The molecule has 0 spiro atoms. The second-order valence-electron chi connectivity index (χ2n) is 11.3. The largest absolute Gasteiger partial charge is 0.494 e. The number of aliphatic carboxylic acids is 1. The van der Waals surface area contributed by atoms with Crippen LogP contribution >= 0.6 is 0 Å². The van der Waals surface area contributed by atoms with Gasteiger partial charge in [-0.2, -0.15) is 0 Å². The third-order valence-corrected chi connectivity index (χ3v) is 7.10. The van der Waals surface area contributed by atoms with Gasteiger partial charge in [-0.1, -0.05) is 45.9 Å². The lowest BCUT2D eigenvalue weighted by Crippen LogP contribution is -2.45. The third kappa shape index (κ3) is 4.42. The molecule has 0 aromatic heterocycles. The summed E-state index contributed by atoms with van der Waals surface area (Å²) >= 11 is 0. The summed E-state index contributed by atoms with van der Waals surface area (Å²) in [6.07, 6.45) is 2.05. The second-order valence-corrected chi connectivity index (χ2v) is 11.3. The molecule has 4 rings (SSSR count). The van der Waals surface area contributed by atoms with E-state index in [0.29, 0.717) is 49.2 Å². The molecule has 1 N–H and O–H groups in total. The zero-order chi connectivity index (χ0) is 24.8. The van der Waals surface area contributed by atoms with Crippen LogP contribution in [0.1, 0.15) is 78.2 Å².